The number of H-pyrrole nitrogens is 1. The lowest BCUT2D eigenvalue weighted by Crippen LogP contribution is -2.03. The van der Waals surface area contributed by atoms with Crippen LogP contribution in [0.4, 0.5) is 0 Å². The number of hydrogen-bond donors (Lipinski definition) is 1. The number of aryl methyl sites for hydroxylation is 1. The predicted octanol–water partition coefficient (Wildman–Crippen LogP) is 3.25. The third-order valence-corrected chi connectivity index (χ3v) is 3.25. The molecule has 2 aromatic rings. The molecule has 0 radical (unpaired) electrons. The molecular weight excluding hydrogens is 265 g/mol. The monoisotopic (exact) mass is 271 g/mol. The highest BCUT2D eigenvalue weighted by molar-refractivity contribution is 9.10. The molecule has 0 bridgehead atoms. The van der Waals surface area contributed by atoms with E-state index in [9.17, 15) is 4.79 Å². The second-order valence-electron chi connectivity index (χ2n) is 3.11. The minimum absolute atomic E-state index is 0.129. The van der Waals surface area contributed by atoms with Crippen LogP contribution in [0.2, 0.25) is 5.02 Å². The lowest BCUT2D eigenvalue weighted by atomic mass is 10.1. The summed E-state index contributed by atoms with van der Waals surface area (Å²) < 4.78 is 0.975. The van der Waals surface area contributed by atoms with Gasteiger partial charge in [0.25, 0.3) is 0 Å². The van der Waals surface area contributed by atoms with E-state index in [2.05, 4.69) is 20.9 Å². The molecule has 0 saturated carbocycles. The van der Waals surface area contributed by atoms with Gasteiger partial charge < -0.3 is 4.98 Å². The molecule has 1 N–H and O–H groups in total. The van der Waals surface area contributed by atoms with Crippen LogP contribution in [0.3, 0.4) is 0 Å². The van der Waals surface area contributed by atoms with Crippen LogP contribution in [-0.2, 0) is 0 Å². The standard InChI is InChI=1S/C10H7BrClNO/c1-5-2-6-9(3-7(5)11)13-4-8(12)10(6)14/h2-4H,1H3,(H,13,14). The van der Waals surface area contributed by atoms with Crippen molar-refractivity contribution in [1.82, 2.24) is 4.98 Å². The Morgan fingerprint density at radius 2 is 2.14 bits per heavy atom. The molecule has 72 valence electrons. The summed E-state index contributed by atoms with van der Waals surface area (Å²) in [5, 5.41) is 0.845. The highest BCUT2D eigenvalue weighted by atomic mass is 79.9. The molecule has 0 aliphatic rings. The second kappa shape index (κ2) is 3.41. The Morgan fingerprint density at radius 3 is 2.86 bits per heavy atom. The van der Waals surface area contributed by atoms with Crippen LogP contribution >= 0.6 is 27.5 Å². The zero-order valence-corrected chi connectivity index (χ0v) is 9.74. The van der Waals surface area contributed by atoms with Crippen molar-refractivity contribution in [2.45, 2.75) is 6.92 Å². The van der Waals surface area contributed by atoms with E-state index in [1.54, 1.807) is 0 Å². The van der Waals surface area contributed by atoms with Gasteiger partial charge in [-0.15, -0.1) is 0 Å². The molecule has 0 spiro atoms. The van der Waals surface area contributed by atoms with Gasteiger partial charge in [0.05, 0.1) is 5.52 Å². The summed E-state index contributed by atoms with van der Waals surface area (Å²) in [6.07, 6.45) is 1.51. The van der Waals surface area contributed by atoms with Gasteiger partial charge in [0.2, 0.25) is 5.43 Å². The Kier molecular flexibility index (Phi) is 2.37. The number of nitrogens with one attached hydrogen (secondary N) is 1. The third kappa shape index (κ3) is 1.47. The average molecular weight is 273 g/mol. The van der Waals surface area contributed by atoms with Gasteiger partial charge in [-0.2, -0.15) is 0 Å². The summed E-state index contributed by atoms with van der Waals surface area (Å²) in [5.41, 5.74) is 1.68. The SMILES string of the molecule is Cc1cc2c(=O)c(Cl)c[nH]c2cc1Br. The highest BCUT2D eigenvalue weighted by Crippen LogP contribution is 2.21. The Hall–Kier alpha value is -0.800. The van der Waals surface area contributed by atoms with Crippen molar-refractivity contribution < 1.29 is 0 Å². The van der Waals surface area contributed by atoms with Crippen LogP contribution in [0.1, 0.15) is 5.56 Å². The molecule has 2 rings (SSSR count). The summed E-state index contributed by atoms with van der Waals surface area (Å²) >= 11 is 9.13. The first-order chi connectivity index (χ1) is 6.59. The summed E-state index contributed by atoms with van der Waals surface area (Å²) in [4.78, 5) is 14.6. The smallest absolute Gasteiger partial charge is 0.207 e. The number of aromatic amines is 1. The van der Waals surface area contributed by atoms with Crippen LogP contribution in [0, 0.1) is 6.92 Å². The molecule has 0 aliphatic heterocycles. The maximum absolute atomic E-state index is 11.6. The van der Waals surface area contributed by atoms with Gasteiger partial charge in [0.15, 0.2) is 0 Å². The first kappa shape index (κ1) is 9.74. The van der Waals surface area contributed by atoms with Gasteiger partial charge in [0, 0.05) is 16.1 Å². The van der Waals surface area contributed by atoms with Crippen molar-refractivity contribution in [2.24, 2.45) is 0 Å². The average Bonchev–Trinajstić information content (AvgIpc) is 2.15. The van der Waals surface area contributed by atoms with Crippen LogP contribution in [-0.4, -0.2) is 4.98 Å². The fraction of sp³-hybridized carbons (Fsp3) is 0.100. The first-order valence-corrected chi connectivity index (χ1v) is 5.24. The Labute approximate surface area is 94.0 Å². The van der Waals surface area contributed by atoms with E-state index >= 15 is 0 Å². The lowest BCUT2D eigenvalue weighted by Gasteiger charge is -2.02. The van der Waals surface area contributed by atoms with Crippen LogP contribution in [0.15, 0.2) is 27.6 Å². The van der Waals surface area contributed by atoms with E-state index < -0.39 is 0 Å². The van der Waals surface area contributed by atoms with E-state index in [4.69, 9.17) is 11.6 Å². The molecule has 2 nitrogen and oxygen atoms in total. The molecule has 1 heterocycles. The highest BCUT2D eigenvalue weighted by Gasteiger charge is 2.05. The minimum atomic E-state index is -0.129. The molecule has 14 heavy (non-hydrogen) atoms. The molecular formula is C10H7BrClNO. The first-order valence-electron chi connectivity index (χ1n) is 4.06. The van der Waals surface area contributed by atoms with Gasteiger partial charge in [-0.1, -0.05) is 27.5 Å². The van der Waals surface area contributed by atoms with Gasteiger partial charge in [-0.25, -0.2) is 0 Å². The summed E-state index contributed by atoms with van der Waals surface area (Å²) in [7, 11) is 0. The van der Waals surface area contributed by atoms with Crippen LogP contribution < -0.4 is 5.43 Å². The number of pyridine rings is 1. The Morgan fingerprint density at radius 1 is 1.43 bits per heavy atom. The molecule has 0 aliphatic carbocycles. The van der Waals surface area contributed by atoms with Crippen LogP contribution in [0.5, 0.6) is 0 Å². The van der Waals surface area contributed by atoms with E-state index in [0.29, 0.717) is 5.39 Å². The Bertz CT molecular complexity index is 562. The molecule has 0 unspecified atom stereocenters. The second-order valence-corrected chi connectivity index (χ2v) is 4.37. The number of rotatable bonds is 0. The molecule has 0 amide bonds. The number of halogens is 2. The van der Waals surface area contributed by atoms with Crippen molar-refractivity contribution in [3.8, 4) is 0 Å². The van der Waals surface area contributed by atoms with Crippen LogP contribution in [0.25, 0.3) is 10.9 Å². The molecule has 4 heteroatoms. The summed E-state index contributed by atoms with van der Waals surface area (Å²) in [6, 6.07) is 3.70. The molecule has 1 aromatic carbocycles. The fourth-order valence-corrected chi connectivity index (χ4v) is 1.82. The quantitative estimate of drug-likeness (QED) is 0.784. The van der Waals surface area contributed by atoms with Crippen molar-refractivity contribution in [3.63, 3.8) is 0 Å². The van der Waals surface area contributed by atoms with E-state index in [0.717, 1.165) is 15.6 Å². The molecule has 0 atom stereocenters. The zero-order chi connectivity index (χ0) is 10.3. The number of fused-ring (bicyclic) bond motifs is 1. The van der Waals surface area contributed by atoms with E-state index in [1.165, 1.54) is 6.20 Å². The van der Waals surface area contributed by atoms with Gasteiger partial charge >= 0.3 is 0 Å². The van der Waals surface area contributed by atoms with Crippen molar-refractivity contribution in [3.05, 3.63) is 43.6 Å². The fourth-order valence-electron chi connectivity index (χ4n) is 1.32. The normalized spacial score (nSPS) is 10.8. The third-order valence-electron chi connectivity index (χ3n) is 2.11. The molecule has 0 saturated heterocycles. The van der Waals surface area contributed by atoms with Gasteiger partial charge in [-0.3, -0.25) is 4.79 Å². The Balaban J connectivity index is 2.97. The topological polar surface area (TPSA) is 32.9 Å². The number of hydrogen-bond acceptors (Lipinski definition) is 1. The summed E-state index contributed by atoms with van der Waals surface area (Å²) in [5.74, 6) is 0. The van der Waals surface area contributed by atoms with Gasteiger partial charge in [0.1, 0.15) is 5.02 Å². The van der Waals surface area contributed by atoms with Gasteiger partial charge in [-0.05, 0) is 24.6 Å². The number of benzene rings is 1. The summed E-state index contributed by atoms with van der Waals surface area (Å²) in [6.45, 7) is 1.93. The maximum Gasteiger partial charge on any atom is 0.207 e. The molecule has 1 aromatic heterocycles. The van der Waals surface area contributed by atoms with Crippen molar-refractivity contribution in [2.75, 3.05) is 0 Å². The van der Waals surface area contributed by atoms with E-state index in [-0.39, 0.29) is 10.5 Å². The zero-order valence-electron chi connectivity index (χ0n) is 7.40. The van der Waals surface area contributed by atoms with Crippen molar-refractivity contribution in [1.29, 1.82) is 0 Å². The predicted molar refractivity (Wildman–Crippen MR) is 62.0 cm³/mol. The maximum atomic E-state index is 11.6. The molecule has 0 fully saturated rings. The lowest BCUT2D eigenvalue weighted by molar-refractivity contribution is 1.36. The largest absolute Gasteiger partial charge is 0.360 e. The van der Waals surface area contributed by atoms with E-state index in [1.807, 2.05) is 19.1 Å². The van der Waals surface area contributed by atoms with Crippen molar-refractivity contribution >= 4 is 38.4 Å². The minimum Gasteiger partial charge on any atom is -0.360 e. The number of aromatic nitrogens is 1.